The second kappa shape index (κ2) is 4.28. The summed E-state index contributed by atoms with van der Waals surface area (Å²) in [4.78, 5) is 14.5. The zero-order chi connectivity index (χ0) is 9.97. The SMILES string of the molecule is O=c1cc(C2CCCOC2)[nH]cc1Br. The lowest BCUT2D eigenvalue weighted by atomic mass is 9.98. The molecule has 1 N–H and O–H groups in total. The van der Waals surface area contributed by atoms with Gasteiger partial charge in [0.25, 0.3) is 0 Å². The van der Waals surface area contributed by atoms with Crippen LogP contribution in [-0.4, -0.2) is 18.2 Å². The number of aromatic nitrogens is 1. The number of H-pyrrole nitrogens is 1. The fraction of sp³-hybridized carbons (Fsp3) is 0.500. The summed E-state index contributed by atoms with van der Waals surface area (Å²) >= 11 is 3.18. The molecule has 0 aromatic carbocycles. The predicted molar refractivity (Wildman–Crippen MR) is 57.6 cm³/mol. The van der Waals surface area contributed by atoms with E-state index in [0.717, 1.165) is 31.7 Å². The van der Waals surface area contributed by atoms with Crippen LogP contribution in [0.25, 0.3) is 0 Å². The fourth-order valence-electron chi connectivity index (χ4n) is 1.69. The van der Waals surface area contributed by atoms with Crippen LogP contribution in [0.15, 0.2) is 21.5 Å². The minimum atomic E-state index is 0.0318. The molecule has 4 heteroatoms. The molecular formula is C10H12BrNO2. The Balaban J connectivity index is 2.23. The van der Waals surface area contributed by atoms with Gasteiger partial charge in [0.15, 0.2) is 5.43 Å². The van der Waals surface area contributed by atoms with Crippen molar-refractivity contribution in [1.82, 2.24) is 4.98 Å². The molecule has 76 valence electrons. The van der Waals surface area contributed by atoms with E-state index in [1.807, 2.05) is 0 Å². The van der Waals surface area contributed by atoms with E-state index in [1.165, 1.54) is 0 Å². The zero-order valence-electron chi connectivity index (χ0n) is 7.75. The summed E-state index contributed by atoms with van der Waals surface area (Å²) < 4.78 is 5.95. The number of halogens is 1. The molecule has 14 heavy (non-hydrogen) atoms. The number of nitrogens with one attached hydrogen (secondary N) is 1. The smallest absolute Gasteiger partial charge is 0.195 e. The van der Waals surface area contributed by atoms with Gasteiger partial charge in [-0.15, -0.1) is 0 Å². The molecule has 1 aromatic rings. The number of ether oxygens (including phenoxy) is 1. The average Bonchev–Trinajstić information content (AvgIpc) is 2.23. The van der Waals surface area contributed by atoms with Crippen LogP contribution in [0.1, 0.15) is 24.5 Å². The Morgan fingerprint density at radius 3 is 3.07 bits per heavy atom. The van der Waals surface area contributed by atoms with Crippen molar-refractivity contribution in [3.05, 3.63) is 32.7 Å². The lowest BCUT2D eigenvalue weighted by Gasteiger charge is -2.21. The summed E-state index contributed by atoms with van der Waals surface area (Å²) in [6.45, 7) is 1.56. The summed E-state index contributed by atoms with van der Waals surface area (Å²) in [6.07, 6.45) is 3.87. The van der Waals surface area contributed by atoms with Gasteiger partial charge in [-0.05, 0) is 28.8 Å². The molecule has 2 rings (SSSR count). The van der Waals surface area contributed by atoms with Gasteiger partial charge in [0, 0.05) is 30.5 Å². The minimum absolute atomic E-state index is 0.0318. The van der Waals surface area contributed by atoms with E-state index < -0.39 is 0 Å². The Hall–Kier alpha value is -0.610. The quantitative estimate of drug-likeness (QED) is 0.837. The topological polar surface area (TPSA) is 42.1 Å². The van der Waals surface area contributed by atoms with Crippen LogP contribution in [-0.2, 0) is 4.74 Å². The van der Waals surface area contributed by atoms with E-state index in [1.54, 1.807) is 12.3 Å². The van der Waals surface area contributed by atoms with Crippen molar-refractivity contribution in [1.29, 1.82) is 0 Å². The van der Waals surface area contributed by atoms with Crippen molar-refractivity contribution in [2.45, 2.75) is 18.8 Å². The summed E-state index contributed by atoms with van der Waals surface area (Å²) in [7, 11) is 0. The Labute approximate surface area is 90.6 Å². The highest BCUT2D eigenvalue weighted by Gasteiger charge is 2.16. The molecule has 0 bridgehead atoms. The van der Waals surface area contributed by atoms with Crippen LogP contribution in [0.4, 0.5) is 0 Å². The molecule has 0 aliphatic carbocycles. The molecule has 0 radical (unpaired) electrons. The van der Waals surface area contributed by atoms with Crippen molar-refractivity contribution in [3.8, 4) is 0 Å². The van der Waals surface area contributed by atoms with Gasteiger partial charge in [-0.2, -0.15) is 0 Å². The van der Waals surface area contributed by atoms with Gasteiger partial charge >= 0.3 is 0 Å². The number of hydrogen-bond acceptors (Lipinski definition) is 2. The fourth-order valence-corrected chi connectivity index (χ4v) is 1.92. The van der Waals surface area contributed by atoms with Crippen molar-refractivity contribution in [3.63, 3.8) is 0 Å². The molecule has 1 aliphatic rings. The first-order valence-corrected chi connectivity index (χ1v) is 5.52. The van der Waals surface area contributed by atoms with Crippen molar-refractivity contribution >= 4 is 15.9 Å². The highest BCUT2D eigenvalue weighted by molar-refractivity contribution is 9.10. The third kappa shape index (κ3) is 2.07. The Kier molecular flexibility index (Phi) is 3.03. The predicted octanol–water partition coefficient (Wildman–Crippen LogP) is 2.03. The van der Waals surface area contributed by atoms with E-state index in [9.17, 15) is 4.79 Å². The molecular weight excluding hydrogens is 246 g/mol. The lowest BCUT2D eigenvalue weighted by Crippen LogP contribution is -2.18. The Morgan fingerprint density at radius 2 is 2.43 bits per heavy atom. The molecule has 0 saturated carbocycles. The Morgan fingerprint density at radius 1 is 1.57 bits per heavy atom. The summed E-state index contributed by atoms with van der Waals surface area (Å²) in [5.41, 5.74) is 1.02. The maximum Gasteiger partial charge on any atom is 0.195 e. The van der Waals surface area contributed by atoms with E-state index in [2.05, 4.69) is 20.9 Å². The second-order valence-corrected chi connectivity index (χ2v) is 4.37. The second-order valence-electron chi connectivity index (χ2n) is 3.51. The van der Waals surface area contributed by atoms with Gasteiger partial charge in [0.2, 0.25) is 0 Å². The Bertz CT molecular complexity index is 369. The highest BCUT2D eigenvalue weighted by atomic mass is 79.9. The van der Waals surface area contributed by atoms with E-state index in [4.69, 9.17) is 4.74 Å². The zero-order valence-corrected chi connectivity index (χ0v) is 9.34. The summed E-state index contributed by atoms with van der Waals surface area (Å²) in [5.74, 6) is 0.351. The number of rotatable bonds is 1. The maximum absolute atomic E-state index is 11.4. The van der Waals surface area contributed by atoms with E-state index in [0.29, 0.717) is 10.4 Å². The van der Waals surface area contributed by atoms with Crippen LogP contribution < -0.4 is 5.43 Å². The molecule has 1 atom stereocenters. The van der Waals surface area contributed by atoms with Crippen LogP contribution in [0.5, 0.6) is 0 Å². The summed E-state index contributed by atoms with van der Waals surface area (Å²) in [5, 5.41) is 0. The van der Waals surface area contributed by atoms with Crippen LogP contribution in [0.3, 0.4) is 0 Å². The molecule has 0 spiro atoms. The highest BCUT2D eigenvalue weighted by Crippen LogP contribution is 2.23. The van der Waals surface area contributed by atoms with Gasteiger partial charge in [-0.1, -0.05) is 0 Å². The average molecular weight is 258 g/mol. The van der Waals surface area contributed by atoms with E-state index in [-0.39, 0.29) is 5.43 Å². The van der Waals surface area contributed by atoms with E-state index >= 15 is 0 Å². The van der Waals surface area contributed by atoms with Gasteiger partial charge in [0.05, 0.1) is 11.1 Å². The van der Waals surface area contributed by atoms with Crippen molar-refractivity contribution in [2.24, 2.45) is 0 Å². The number of pyridine rings is 1. The van der Waals surface area contributed by atoms with Crippen LogP contribution in [0, 0.1) is 0 Å². The van der Waals surface area contributed by atoms with Crippen LogP contribution in [0.2, 0.25) is 0 Å². The molecule has 3 nitrogen and oxygen atoms in total. The minimum Gasteiger partial charge on any atom is -0.381 e. The molecule has 2 heterocycles. The third-order valence-electron chi connectivity index (χ3n) is 2.49. The first-order chi connectivity index (χ1) is 6.77. The van der Waals surface area contributed by atoms with Crippen molar-refractivity contribution < 1.29 is 4.74 Å². The normalized spacial score (nSPS) is 22.2. The van der Waals surface area contributed by atoms with Gasteiger partial charge in [-0.3, -0.25) is 4.79 Å². The third-order valence-corrected chi connectivity index (χ3v) is 3.11. The van der Waals surface area contributed by atoms with Gasteiger partial charge < -0.3 is 9.72 Å². The standard InChI is InChI=1S/C10H12BrNO2/c11-8-5-12-9(4-10(8)13)7-2-1-3-14-6-7/h4-5,7H,1-3,6H2,(H,12,13). The first kappa shape index (κ1) is 9.93. The molecule has 1 fully saturated rings. The molecule has 1 aromatic heterocycles. The molecule has 1 unspecified atom stereocenters. The van der Waals surface area contributed by atoms with Gasteiger partial charge in [-0.25, -0.2) is 0 Å². The van der Waals surface area contributed by atoms with Gasteiger partial charge in [0.1, 0.15) is 0 Å². The molecule has 1 saturated heterocycles. The summed E-state index contributed by atoms with van der Waals surface area (Å²) in [6, 6.07) is 1.66. The lowest BCUT2D eigenvalue weighted by molar-refractivity contribution is 0.0793. The largest absolute Gasteiger partial charge is 0.381 e. The maximum atomic E-state index is 11.4. The van der Waals surface area contributed by atoms with Crippen LogP contribution >= 0.6 is 15.9 Å². The first-order valence-electron chi connectivity index (χ1n) is 4.73. The number of aromatic amines is 1. The number of hydrogen-bond donors (Lipinski definition) is 1. The van der Waals surface area contributed by atoms with Crippen molar-refractivity contribution in [2.75, 3.05) is 13.2 Å². The molecule has 1 aliphatic heterocycles. The monoisotopic (exact) mass is 257 g/mol. The molecule has 0 amide bonds.